The molecule has 0 fully saturated rings. The molecule has 5 nitrogen and oxygen atoms in total. The van der Waals surface area contributed by atoms with Crippen LogP contribution in [0.1, 0.15) is 0 Å². The summed E-state index contributed by atoms with van der Waals surface area (Å²) in [6, 6.07) is 2.63. The van der Waals surface area contributed by atoms with Crippen LogP contribution in [0.15, 0.2) is 12.1 Å². The van der Waals surface area contributed by atoms with E-state index in [1.54, 1.807) is 0 Å². The molecule has 0 aliphatic rings. The molecule has 3 N–H and O–H groups in total. The highest BCUT2D eigenvalue weighted by atomic mass is 19.1. The second-order valence-electron chi connectivity index (χ2n) is 3.49. The monoisotopic (exact) mass is 255 g/mol. The molecular weight excluding hydrogens is 244 g/mol. The van der Waals surface area contributed by atoms with E-state index < -0.39 is 17.4 Å². The maximum absolute atomic E-state index is 14.0. The SMILES string of the molecule is COc1cc(-c2cc(N)n[nH]2)c(F)c(OC)c1F. The van der Waals surface area contributed by atoms with Crippen molar-refractivity contribution in [1.29, 1.82) is 0 Å². The van der Waals surface area contributed by atoms with Gasteiger partial charge in [-0.3, -0.25) is 5.10 Å². The number of ether oxygens (including phenoxy) is 2. The number of rotatable bonds is 3. The number of aromatic amines is 1. The molecule has 1 heterocycles. The van der Waals surface area contributed by atoms with E-state index >= 15 is 0 Å². The van der Waals surface area contributed by atoms with Gasteiger partial charge in [0, 0.05) is 11.6 Å². The zero-order valence-corrected chi connectivity index (χ0v) is 9.75. The minimum Gasteiger partial charge on any atom is -0.494 e. The highest BCUT2D eigenvalue weighted by Gasteiger charge is 2.21. The first-order chi connectivity index (χ1) is 8.58. The lowest BCUT2D eigenvalue weighted by Gasteiger charge is -2.11. The maximum Gasteiger partial charge on any atom is 0.209 e. The van der Waals surface area contributed by atoms with Crippen LogP contribution in [0.3, 0.4) is 0 Å². The van der Waals surface area contributed by atoms with Crippen molar-refractivity contribution in [3.8, 4) is 22.8 Å². The van der Waals surface area contributed by atoms with Crippen LogP contribution in [-0.2, 0) is 0 Å². The van der Waals surface area contributed by atoms with Crippen molar-refractivity contribution in [2.24, 2.45) is 0 Å². The summed E-state index contributed by atoms with van der Waals surface area (Å²) in [5.74, 6) is -2.19. The normalized spacial score (nSPS) is 10.4. The smallest absolute Gasteiger partial charge is 0.209 e. The highest BCUT2D eigenvalue weighted by Crippen LogP contribution is 2.36. The van der Waals surface area contributed by atoms with Crippen molar-refractivity contribution in [1.82, 2.24) is 10.2 Å². The molecule has 0 saturated carbocycles. The number of aromatic nitrogens is 2. The van der Waals surface area contributed by atoms with Crippen LogP contribution in [-0.4, -0.2) is 24.4 Å². The second kappa shape index (κ2) is 4.52. The number of nitrogens with one attached hydrogen (secondary N) is 1. The van der Waals surface area contributed by atoms with Gasteiger partial charge in [0.1, 0.15) is 5.82 Å². The van der Waals surface area contributed by atoms with E-state index in [-0.39, 0.29) is 17.1 Å². The van der Waals surface area contributed by atoms with Gasteiger partial charge in [-0.05, 0) is 6.07 Å². The Hall–Kier alpha value is -2.31. The average Bonchev–Trinajstić information content (AvgIpc) is 2.77. The third-order valence-corrected chi connectivity index (χ3v) is 2.44. The first-order valence-corrected chi connectivity index (χ1v) is 4.99. The number of nitrogen functional groups attached to an aromatic ring is 1. The Kier molecular flexibility index (Phi) is 3.05. The van der Waals surface area contributed by atoms with Crippen LogP contribution in [0.2, 0.25) is 0 Å². The molecule has 0 bridgehead atoms. The van der Waals surface area contributed by atoms with Crippen LogP contribution >= 0.6 is 0 Å². The van der Waals surface area contributed by atoms with Crippen molar-refractivity contribution < 1.29 is 18.3 Å². The van der Waals surface area contributed by atoms with Gasteiger partial charge in [-0.2, -0.15) is 9.49 Å². The fraction of sp³-hybridized carbons (Fsp3) is 0.182. The minimum absolute atomic E-state index is 0.0642. The van der Waals surface area contributed by atoms with E-state index in [1.165, 1.54) is 26.4 Å². The fourth-order valence-corrected chi connectivity index (χ4v) is 1.59. The third-order valence-electron chi connectivity index (χ3n) is 2.44. The summed E-state index contributed by atoms with van der Waals surface area (Å²) in [5, 5.41) is 6.21. The molecule has 0 amide bonds. The maximum atomic E-state index is 14.0. The molecular formula is C11H11F2N3O2. The lowest BCUT2D eigenvalue weighted by atomic mass is 10.1. The summed E-state index contributed by atoms with van der Waals surface area (Å²) < 4.78 is 37.2. The molecule has 0 saturated heterocycles. The van der Waals surface area contributed by atoms with Gasteiger partial charge in [0.05, 0.1) is 19.9 Å². The van der Waals surface area contributed by atoms with Crippen LogP contribution < -0.4 is 15.2 Å². The van der Waals surface area contributed by atoms with Crippen molar-refractivity contribution in [2.45, 2.75) is 0 Å². The van der Waals surface area contributed by atoms with Gasteiger partial charge in [0.15, 0.2) is 17.3 Å². The summed E-state index contributed by atoms with van der Waals surface area (Å²) in [5.41, 5.74) is 5.81. The van der Waals surface area contributed by atoms with Crippen molar-refractivity contribution >= 4 is 5.82 Å². The fourth-order valence-electron chi connectivity index (χ4n) is 1.59. The number of H-pyrrole nitrogens is 1. The molecule has 18 heavy (non-hydrogen) atoms. The number of halogens is 2. The molecule has 2 aromatic rings. The molecule has 0 radical (unpaired) electrons. The molecule has 96 valence electrons. The topological polar surface area (TPSA) is 73.2 Å². The predicted octanol–water partition coefficient (Wildman–Crippen LogP) is 1.95. The van der Waals surface area contributed by atoms with Gasteiger partial charge in [0.2, 0.25) is 5.82 Å². The summed E-state index contributed by atoms with van der Waals surface area (Å²) in [4.78, 5) is 0. The lowest BCUT2D eigenvalue weighted by Crippen LogP contribution is -1.99. The molecule has 0 aliphatic heterocycles. The summed E-state index contributed by atoms with van der Waals surface area (Å²) in [7, 11) is 2.45. The van der Waals surface area contributed by atoms with Gasteiger partial charge >= 0.3 is 0 Å². The van der Waals surface area contributed by atoms with Crippen LogP contribution in [0.4, 0.5) is 14.6 Å². The number of anilines is 1. The summed E-state index contributed by atoms with van der Waals surface area (Å²) >= 11 is 0. The number of hydrogen-bond donors (Lipinski definition) is 2. The number of hydrogen-bond acceptors (Lipinski definition) is 4. The van der Waals surface area contributed by atoms with Gasteiger partial charge in [-0.1, -0.05) is 0 Å². The van der Waals surface area contributed by atoms with E-state index in [9.17, 15) is 8.78 Å². The Labute approximate surface area is 102 Å². The molecule has 0 spiro atoms. The number of nitrogens with two attached hydrogens (primary N) is 1. The van der Waals surface area contributed by atoms with E-state index in [4.69, 9.17) is 15.2 Å². The molecule has 2 rings (SSSR count). The standard InChI is InChI=1S/C11H11F2N3O2/c1-17-7-3-5(6-4-8(14)16-15-6)9(12)11(18-2)10(7)13/h3-4H,1-2H3,(H3,14,15,16). The van der Waals surface area contributed by atoms with Crippen molar-refractivity contribution in [2.75, 3.05) is 20.0 Å². The summed E-state index contributed by atoms with van der Waals surface area (Å²) in [6.07, 6.45) is 0. The minimum atomic E-state index is -0.895. The van der Waals surface area contributed by atoms with Gasteiger partial charge in [-0.15, -0.1) is 0 Å². The highest BCUT2D eigenvalue weighted by molar-refractivity contribution is 5.67. The predicted molar refractivity (Wildman–Crippen MR) is 61.5 cm³/mol. The van der Waals surface area contributed by atoms with E-state index in [0.29, 0.717) is 5.69 Å². The average molecular weight is 255 g/mol. The lowest BCUT2D eigenvalue weighted by molar-refractivity contribution is 0.334. The Balaban J connectivity index is 2.67. The van der Waals surface area contributed by atoms with Crippen LogP contribution in [0.5, 0.6) is 11.5 Å². The van der Waals surface area contributed by atoms with E-state index in [2.05, 4.69) is 10.2 Å². The molecule has 1 aromatic carbocycles. The molecule has 0 atom stereocenters. The number of nitrogens with zero attached hydrogens (tertiary/aromatic N) is 1. The van der Waals surface area contributed by atoms with Gasteiger partial charge in [0.25, 0.3) is 0 Å². The molecule has 0 aliphatic carbocycles. The largest absolute Gasteiger partial charge is 0.494 e. The Morgan fingerprint density at radius 3 is 2.39 bits per heavy atom. The first-order valence-electron chi connectivity index (χ1n) is 4.99. The zero-order chi connectivity index (χ0) is 13.3. The van der Waals surface area contributed by atoms with E-state index in [1.807, 2.05) is 0 Å². The Morgan fingerprint density at radius 2 is 1.89 bits per heavy atom. The Morgan fingerprint density at radius 1 is 1.17 bits per heavy atom. The number of methoxy groups -OCH3 is 2. The first kappa shape index (κ1) is 12.2. The van der Waals surface area contributed by atoms with Gasteiger partial charge < -0.3 is 15.2 Å². The quantitative estimate of drug-likeness (QED) is 0.879. The van der Waals surface area contributed by atoms with Crippen LogP contribution in [0.25, 0.3) is 11.3 Å². The molecule has 1 aromatic heterocycles. The second-order valence-corrected chi connectivity index (χ2v) is 3.49. The van der Waals surface area contributed by atoms with Crippen LogP contribution in [0, 0.1) is 11.6 Å². The van der Waals surface area contributed by atoms with Crippen molar-refractivity contribution in [3.63, 3.8) is 0 Å². The van der Waals surface area contributed by atoms with E-state index in [0.717, 1.165) is 0 Å². The molecule has 7 heteroatoms. The Bertz CT molecular complexity index is 584. The number of benzene rings is 1. The van der Waals surface area contributed by atoms with Gasteiger partial charge in [-0.25, -0.2) is 4.39 Å². The van der Waals surface area contributed by atoms with Crippen molar-refractivity contribution in [3.05, 3.63) is 23.8 Å². The molecule has 0 unspecified atom stereocenters. The third kappa shape index (κ3) is 1.83. The summed E-state index contributed by atoms with van der Waals surface area (Å²) in [6.45, 7) is 0. The zero-order valence-electron chi connectivity index (χ0n) is 9.75.